The number of carbonyl (C=O) groups is 4. The number of aliphatic hydroxyl groups excluding tert-OH is 1. The van der Waals surface area contributed by atoms with Crippen molar-refractivity contribution in [1.82, 2.24) is 10.2 Å². The van der Waals surface area contributed by atoms with Gasteiger partial charge in [-0.15, -0.1) is 0 Å². The standard InChI is InChI=1S/C53H52N4O8/c1-34(36-16-7-4-8-17-36)55-51(62)56-42-25-24-35(26-29-52(63)27-13-2-3-14-28-52)32-41(42)53(50(56)61)43(48(54)59)45-49(60)65-46(38-20-11-6-12-21-38)44(37-18-9-5-10-19-37)57(45)47(53)39-22-15-23-40(33-39)64-31-30-58/h4-12,15-25,32-34,43-47,58,63H,2-3,13-14,27-28,30-31H2,1H3,(H2,54,59)(H,55,62)/t34-,43+,44+,45+,46-,47-,53+/m1/s1. The van der Waals surface area contributed by atoms with E-state index in [0.29, 0.717) is 35.3 Å². The average Bonchev–Trinajstić information content (AvgIpc) is 3.67. The van der Waals surface area contributed by atoms with E-state index in [0.717, 1.165) is 41.7 Å². The number of anilines is 1. The first-order chi connectivity index (χ1) is 31.6. The molecule has 65 heavy (non-hydrogen) atoms. The summed E-state index contributed by atoms with van der Waals surface area (Å²) in [6.45, 7) is 1.54. The number of amides is 4. The maximum atomic E-state index is 16.3. The summed E-state index contributed by atoms with van der Waals surface area (Å²) in [4.78, 5) is 63.8. The molecule has 1 aliphatic carbocycles. The molecule has 1 saturated carbocycles. The van der Waals surface area contributed by atoms with Crippen molar-refractivity contribution in [3.8, 4) is 17.6 Å². The number of aliphatic hydroxyl groups is 2. The molecular weight excluding hydrogens is 821 g/mol. The first-order valence-electron chi connectivity index (χ1n) is 22.4. The van der Waals surface area contributed by atoms with Gasteiger partial charge in [0.15, 0.2) is 0 Å². The van der Waals surface area contributed by atoms with E-state index >= 15 is 9.59 Å². The Morgan fingerprint density at radius 1 is 0.831 bits per heavy atom. The number of nitrogens with one attached hydrogen (secondary N) is 1. The zero-order chi connectivity index (χ0) is 45.3. The maximum Gasteiger partial charge on any atom is 0.329 e. The van der Waals surface area contributed by atoms with Crippen LogP contribution in [0.1, 0.15) is 103 Å². The number of hydrogen-bond acceptors (Lipinski definition) is 9. The van der Waals surface area contributed by atoms with Gasteiger partial charge in [-0.3, -0.25) is 19.3 Å². The van der Waals surface area contributed by atoms with Crippen molar-refractivity contribution in [1.29, 1.82) is 0 Å². The molecule has 7 atom stereocenters. The minimum absolute atomic E-state index is 0.0196. The van der Waals surface area contributed by atoms with E-state index in [2.05, 4.69) is 17.2 Å². The van der Waals surface area contributed by atoms with Crippen molar-refractivity contribution >= 4 is 29.5 Å². The second-order valence-corrected chi connectivity index (χ2v) is 17.5. The normalized spacial score (nSPS) is 25.0. The van der Waals surface area contributed by atoms with Crippen molar-refractivity contribution in [2.24, 2.45) is 11.7 Å². The summed E-state index contributed by atoms with van der Waals surface area (Å²) in [5, 5.41) is 24.4. The number of cyclic esters (lactones) is 1. The summed E-state index contributed by atoms with van der Waals surface area (Å²) in [6.07, 6.45) is 3.80. The summed E-state index contributed by atoms with van der Waals surface area (Å²) in [5.41, 5.74) is 6.89. The van der Waals surface area contributed by atoms with Gasteiger partial charge >= 0.3 is 12.0 Å². The molecule has 4 amide bonds. The molecule has 12 heteroatoms. The van der Waals surface area contributed by atoms with Crippen molar-refractivity contribution in [3.63, 3.8) is 0 Å². The molecule has 5 N–H and O–H groups in total. The second kappa shape index (κ2) is 18.0. The number of imide groups is 1. The van der Waals surface area contributed by atoms with Crippen LogP contribution in [0.15, 0.2) is 133 Å². The third-order valence-corrected chi connectivity index (χ3v) is 13.5. The number of urea groups is 1. The molecule has 1 spiro atoms. The number of esters is 1. The van der Waals surface area contributed by atoms with Crippen LogP contribution < -0.4 is 20.7 Å². The predicted octanol–water partition coefficient (Wildman–Crippen LogP) is 7.12. The molecule has 0 unspecified atom stereocenters. The highest BCUT2D eigenvalue weighted by Crippen LogP contribution is 2.66. The molecule has 0 aromatic heterocycles. The van der Waals surface area contributed by atoms with Gasteiger partial charge < -0.3 is 30.7 Å². The smallest absolute Gasteiger partial charge is 0.329 e. The number of carbonyl (C=O) groups excluding carboxylic acids is 4. The molecule has 9 rings (SSSR count). The second-order valence-electron chi connectivity index (χ2n) is 17.5. The van der Waals surface area contributed by atoms with Gasteiger partial charge in [0, 0.05) is 5.56 Å². The van der Waals surface area contributed by atoms with Gasteiger partial charge in [0.2, 0.25) is 11.8 Å². The molecule has 0 radical (unpaired) electrons. The van der Waals surface area contributed by atoms with E-state index in [1.165, 1.54) is 0 Å². The number of hydrogen-bond donors (Lipinski definition) is 4. The highest BCUT2D eigenvalue weighted by Gasteiger charge is 2.75. The largest absolute Gasteiger partial charge is 0.491 e. The van der Waals surface area contributed by atoms with E-state index in [1.807, 2.05) is 103 Å². The number of primary amides is 1. The Morgan fingerprint density at radius 3 is 2.14 bits per heavy atom. The van der Waals surface area contributed by atoms with Gasteiger partial charge in [-0.1, -0.05) is 128 Å². The maximum absolute atomic E-state index is 16.3. The molecular formula is C53H52N4O8. The summed E-state index contributed by atoms with van der Waals surface area (Å²) >= 11 is 0. The van der Waals surface area contributed by atoms with Crippen LogP contribution >= 0.6 is 0 Å². The Kier molecular flexibility index (Phi) is 12.0. The Morgan fingerprint density at radius 2 is 1.48 bits per heavy atom. The van der Waals surface area contributed by atoms with Crippen LogP contribution in [0, 0.1) is 17.8 Å². The number of morpholine rings is 1. The number of nitrogens with zero attached hydrogens (tertiary/aromatic N) is 2. The van der Waals surface area contributed by atoms with Crippen molar-refractivity contribution in [2.45, 2.75) is 86.7 Å². The van der Waals surface area contributed by atoms with Gasteiger partial charge in [-0.05, 0) is 90.8 Å². The lowest BCUT2D eigenvalue weighted by molar-refractivity contribution is -0.178. The Balaban J connectivity index is 1.32. The number of rotatable bonds is 9. The van der Waals surface area contributed by atoms with E-state index in [4.69, 9.17) is 15.2 Å². The van der Waals surface area contributed by atoms with Crippen molar-refractivity contribution in [2.75, 3.05) is 18.1 Å². The molecule has 0 bridgehead atoms. The molecule has 4 aliphatic rings. The van der Waals surface area contributed by atoms with Crippen LogP contribution in [0.25, 0.3) is 0 Å². The lowest BCUT2D eigenvalue weighted by Crippen LogP contribution is -2.55. The average molecular weight is 873 g/mol. The first kappa shape index (κ1) is 43.5. The van der Waals surface area contributed by atoms with Crippen LogP contribution in [0.4, 0.5) is 10.5 Å². The van der Waals surface area contributed by atoms with Gasteiger partial charge in [0.1, 0.15) is 35.5 Å². The summed E-state index contributed by atoms with van der Waals surface area (Å²) < 4.78 is 12.4. The van der Waals surface area contributed by atoms with Crippen LogP contribution in [-0.2, 0) is 24.5 Å². The van der Waals surface area contributed by atoms with Crippen LogP contribution in [0.3, 0.4) is 0 Å². The number of ether oxygens (including phenoxy) is 2. The van der Waals surface area contributed by atoms with Crippen molar-refractivity contribution < 1.29 is 38.9 Å². The van der Waals surface area contributed by atoms with Crippen LogP contribution in [0.5, 0.6) is 5.75 Å². The topological polar surface area (TPSA) is 172 Å². The minimum atomic E-state index is -2.05. The Bertz CT molecular complexity index is 2640. The fraction of sp³-hybridized carbons (Fsp3) is 0.321. The van der Waals surface area contributed by atoms with Gasteiger partial charge in [-0.2, -0.15) is 0 Å². The summed E-state index contributed by atoms with van der Waals surface area (Å²) in [5.74, 6) is 2.66. The monoisotopic (exact) mass is 872 g/mol. The third-order valence-electron chi connectivity index (χ3n) is 13.5. The molecule has 3 heterocycles. The zero-order valence-corrected chi connectivity index (χ0v) is 36.1. The van der Waals surface area contributed by atoms with Crippen molar-refractivity contribution in [3.05, 3.63) is 167 Å². The third kappa shape index (κ3) is 7.84. The molecule has 3 aliphatic heterocycles. The van der Waals surface area contributed by atoms with Gasteiger partial charge in [-0.25, -0.2) is 9.69 Å². The first-order valence-corrected chi connectivity index (χ1v) is 22.4. The molecule has 5 aromatic carbocycles. The van der Waals surface area contributed by atoms with E-state index in [1.54, 1.807) is 42.5 Å². The molecule has 2 saturated heterocycles. The fourth-order valence-corrected chi connectivity index (χ4v) is 10.7. The highest BCUT2D eigenvalue weighted by molar-refractivity contribution is 6.24. The predicted molar refractivity (Wildman–Crippen MR) is 243 cm³/mol. The summed E-state index contributed by atoms with van der Waals surface area (Å²) in [7, 11) is 0. The fourth-order valence-electron chi connectivity index (χ4n) is 10.7. The number of nitrogens with two attached hydrogens (primary N) is 1. The SMILES string of the molecule is C[C@@H](NC(=O)N1C(=O)[C@@]2(c3cc(C#CC4(O)CCCCCC4)ccc31)[C@H](C(N)=O)[C@H]1C(=O)O[C@H](c3ccccc3)[C@H](c3ccccc3)N1[C@@H]2c1cccc(OCCO)c1)c1ccccc1. The minimum Gasteiger partial charge on any atom is -0.491 e. The highest BCUT2D eigenvalue weighted by atomic mass is 16.6. The van der Waals surface area contributed by atoms with E-state index in [9.17, 15) is 19.8 Å². The number of fused-ring (bicyclic) bond motifs is 3. The van der Waals surface area contributed by atoms with Gasteiger partial charge in [0.05, 0.1) is 36.3 Å². The lowest BCUT2D eigenvalue weighted by atomic mass is 9.65. The van der Waals surface area contributed by atoms with E-state index in [-0.39, 0.29) is 24.5 Å². The summed E-state index contributed by atoms with van der Waals surface area (Å²) in [6, 6.07) is 35.5. The van der Waals surface area contributed by atoms with Crippen LogP contribution in [-0.4, -0.2) is 63.8 Å². The zero-order valence-electron chi connectivity index (χ0n) is 36.1. The quantitative estimate of drug-likeness (QED) is 0.0684. The molecule has 332 valence electrons. The van der Waals surface area contributed by atoms with Gasteiger partial charge in [0.25, 0.3) is 0 Å². The molecule has 3 fully saturated rings. The number of benzene rings is 5. The Hall–Kier alpha value is -6.78. The molecule has 5 aromatic rings. The lowest BCUT2D eigenvalue weighted by Gasteiger charge is -2.46. The van der Waals surface area contributed by atoms with E-state index < -0.39 is 71.0 Å². The molecule has 12 nitrogen and oxygen atoms in total. The Labute approximate surface area is 378 Å². The van der Waals surface area contributed by atoms with Crippen LogP contribution in [0.2, 0.25) is 0 Å².